The molecular formula is C11H20N4OS. The fourth-order valence-electron chi connectivity index (χ4n) is 2.71. The fourth-order valence-corrected chi connectivity index (χ4v) is 2.92. The first-order valence-electron chi connectivity index (χ1n) is 6.01. The van der Waals surface area contributed by atoms with E-state index in [1.807, 2.05) is 4.57 Å². The molecule has 17 heavy (non-hydrogen) atoms. The van der Waals surface area contributed by atoms with Crippen LogP contribution in [0.5, 0.6) is 0 Å². The number of hydrogen-bond donors (Lipinski definition) is 2. The maximum atomic E-state index is 9.27. The highest BCUT2D eigenvalue weighted by Gasteiger charge is 2.36. The molecule has 1 aliphatic carbocycles. The summed E-state index contributed by atoms with van der Waals surface area (Å²) in [5, 5.41) is 16.1. The second kappa shape index (κ2) is 4.88. The molecular weight excluding hydrogens is 236 g/mol. The van der Waals surface area contributed by atoms with Gasteiger partial charge < -0.3 is 14.6 Å². The highest BCUT2D eigenvalue weighted by molar-refractivity contribution is 7.71. The topological polar surface area (TPSA) is 57.1 Å². The molecule has 1 saturated carbocycles. The Kier molecular flexibility index (Phi) is 3.65. The Hall–Kier alpha value is -0.720. The summed E-state index contributed by atoms with van der Waals surface area (Å²) in [4.78, 5) is 2.29. The summed E-state index contributed by atoms with van der Waals surface area (Å²) in [5.74, 6) is 0.628. The van der Waals surface area contributed by atoms with Gasteiger partial charge in [-0.15, -0.1) is 0 Å². The highest BCUT2D eigenvalue weighted by Crippen LogP contribution is 2.35. The zero-order chi connectivity index (χ0) is 12.5. The van der Waals surface area contributed by atoms with E-state index in [1.165, 1.54) is 25.7 Å². The number of H-pyrrole nitrogens is 1. The van der Waals surface area contributed by atoms with Crippen LogP contribution in [0.4, 0.5) is 0 Å². The summed E-state index contributed by atoms with van der Waals surface area (Å²) in [6.07, 6.45) is 4.88. The number of nitrogens with one attached hydrogen (secondary N) is 1. The van der Waals surface area contributed by atoms with Gasteiger partial charge in [0.15, 0.2) is 10.6 Å². The van der Waals surface area contributed by atoms with Gasteiger partial charge in [0.1, 0.15) is 6.61 Å². The number of rotatable bonds is 4. The van der Waals surface area contributed by atoms with Crippen LogP contribution in [0.2, 0.25) is 0 Å². The van der Waals surface area contributed by atoms with Gasteiger partial charge in [-0.3, -0.25) is 5.10 Å². The Labute approximate surface area is 106 Å². The quantitative estimate of drug-likeness (QED) is 0.798. The van der Waals surface area contributed by atoms with Gasteiger partial charge in [0.25, 0.3) is 0 Å². The van der Waals surface area contributed by atoms with Gasteiger partial charge in [0, 0.05) is 12.1 Å². The van der Waals surface area contributed by atoms with Gasteiger partial charge in [-0.25, -0.2) is 0 Å². The van der Waals surface area contributed by atoms with E-state index in [9.17, 15) is 5.11 Å². The largest absolute Gasteiger partial charge is 0.388 e. The van der Waals surface area contributed by atoms with Crippen molar-refractivity contribution >= 4 is 12.2 Å². The number of aromatic nitrogens is 3. The standard InChI is InChI=1S/C11H20N4OS/c1-14(2)11(5-3-4-6-11)8-15-9(7-16)12-13-10(15)17/h16H,3-8H2,1-2H3,(H,13,17). The number of hydrogen-bond acceptors (Lipinski definition) is 4. The van der Waals surface area contributed by atoms with Crippen LogP contribution in [-0.4, -0.2) is 44.4 Å². The third-order valence-electron chi connectivity index (χ3n) is 3.91. The van der Waals surface area contributed by atoms with Crippen molar-refractivity contribution in [1.29, 1.82) is 0 Å². The van der Waals surface area contributed by atoms with Gasteiger partial charge in [0.05, 0.1) is 0 Å². The number of nitrogens with zero attached hydrogens (tertiary/aromatic N) is 3. The van der Waals surface area contributed by atoms with E-state index in [0.717, 1.165) is 6.54 Å². The van der Waals surface area contributed by atoms with Crippen molar-refractivity contribution in [1.82, 2.24) is 19.7 Å². The molecule has 2 rings (SSSR count). The average Bonchev–Trinajstić information content (AvgIpc) is 2.89. The summed E-state index contributed by atoms with van der Waals surface area (Å²) in [6, 6.07) is 0. The average molecular weight is 256 g/mol. The fraction of sp³-hybridized carbons (Fsp3) is 0.818. The number of likely N-dealkylation sites (N-methyl/N-ethyl adjacent to an activating group) is 1. The molecule has 2 N–H and O–H groups in total. The minimum absolute atomic E-state index is 0.0728. The third kappa shape index (κ3) is 2.29. The first-order valence-corrected chi connectivity index (χ1v) is 6.42. The van der Waals surface area contributed by atoms with Gasteiger partial charge >= 0.3 is 0 Å². The molecule has 0 unspecified atom stereocenters. The van der Waals surface area contributed by atoms with Crippen molar-refractivity contribution in [2.24, 2.45) is 0 Å². The van der Waals surface area contributed by atoms with E-state index in [4.69, 9.17) is 12.2 Å². The molecule has 1 aliphatic rings. The lowest BCUT2D eigenvalue weighted by Crippen LogP contribution is -2.45. The molecule has 1 fully saturated rings. The molecule has 0 aliphatic heterocycles. The van der Waals surface area contributed by atoms with Crippen LogP contribution in [0, 0.1) is 4.77 Å². The molecule has 0 radical (unpaired) electrons. The van der Waals surface area contributed by atoms with Crippen molar-refractivity contribution in [3.63, 3.8) is 0 Å². The lowest BCUT2D eigenvalue weighted by atomic mass is 9.96. The summed E-state index contributed by atoms with van der Waals surface area (Å²) < 4.78 is 2.53. The minimum Gasteiger partial charge on any atom is -0.388 e. The van der Waals surface area contributed by atoms with E-state index in [-0.39, 0.29) is 12.1 Å². The van der Waals surface area contributed by atoms with Gasteiger partial charge in [-0.1, -0.05) is 12.8 Å². The van der Waals surface area contributed by atoms with E-state index in [0.29, 0.717) is 10.6 Å². The number of aromatic amines is 1. The summed E-state index contributed by atoms with van der Waals surface area (Å²) in [7, 11) is 4.24. The maximum absolute atomic E-state index is 9.27. The molecule has 96 valence electrons. The first-order chi connectivity index (χ1) is 8.09. The summed E-state index contributed by atoms with van der Waals surface area (Å²) >= 11 is 5.23. The molecule has 1 aromatic heterocycles. The smallest absolute Gasteiger partial charge is 0.195 e. The molecule has 5 nitrogen and oxygen atoms in total. The first kappa shape index (κ1) is 12.7. The molecule has 0 bridgehead atoms. The van der Waals surface area contributed by atoms with E-state index in [1.54, 1.807) is 0 Å². The molecule has 0 amide bonds. The maximum Gasteiger partial charge on any atom is 0.195 e. The van der Waals surface area contributed by atoms with Crippen LogP contribution in [0.3, 0.4) is 0 Å². The van der Waals surface area contributed by atoms with Gasteiger partial charge in [-0.05, 0) is 39.2 Å². The SMILES string of the molecule is CN(C)C1(Cn2c(CO)n[nH]c2=S)CCCC1. The van der Waals surface area contributed by atoms with Crippen molar-refractivity contribution in [2.75, 3.05) is 14.1 Å². The van der Waals surface area contributed by atoms with Crippen molar-refractivity contribution < 1.29 is 5.11 Å². The Morgan fingerprint density at radius 2 is 2.12 bits per heavy atom. The van der Waals surface area contributed by atoms with Crippen LogP contribution < -0.4 is 0 Å². The van der Waals surface area contributed by atoms with Crippen LogP contribution in [0.1, 0.15) is 31.5 Å². The van der Waals surface area contributed by atoms with Crippen molar-refractivity contribution in [3.8, 4) is 0 Å². The van der Waals surface area contributed by atoms with E-state index >= 15 is 0 Å². The Balaban J connectivity index is 2.29. The van der Waals surface area contributed by atoms with Crippen LogP contribution in [0.25, 0.3) is 0 Å². The Bertz CT molecular complexity index is 431. The minimum atomic E-state index is -0.0728. The predicted octanol–water partition coefficient (Wildman–Crippen LogP) is 1.31. The zero-order valence-corrected chi connectivity index (χ0v) is 11.3. The summed E-state index contributed by atoms with van der Waals surface area (Å²) in [6.45, 7) is 0.738. The second-order valence-corrected chi connectivity index (χ2v) is 5.40. The molecule has 1 aromatic rings. The molecule has 0 atom stereocenters. The number of aliphatic hydroxyl groups excluding tert-OH is 1. The normalized spacial score (nSPS) is 19.1. The van der Waals surface area contributed by atoms with Crippen LogP contribution in [0.15, 0.2) is 0 Å². The molecule has 6 heteroatoms. The van der Waals surface area contributed by atoms with Crippen molar-refractivity contribution in [3.05, 3.63) is 10.6 Å². The lowest BCUT2D eigenvalue weighted by molar-refractivity contribution is 0.129. The second-order valence-electron chi connectivity index (χ2n) is 5.02. The Morgan fingerprint density at radius 3 is 2.65 bits per heavy atom. The van der Waals surface area contributed by atoms with Gasteiger partial charge in [-0.2, -0.15) is 5.10 Å². The molecule has 1 heterocycles. The van der Waals surface area contributed by atoms with Crippen LogP contribution in [-0.2, 0) is 13.2 Å². The van der Waals surface area contributed by atoms with E-state index < -0.39 is 0 Å². The zero-order valence-electron chi connectivity index (χ0n) is 10.4. The monoisotopic (exact) mass is 256 g/mol. The summed E-state index contributed by atoms with van der Waals surface area (Å²) in [5.41, 5.74) is 0.159. The van der Waals surface area contributed by atoms with Gasteiger partial charge in [0.2, 0.25) is 0 Å². The molecule has 0 spiro atoms. The molecule has 0 aromatic carbocycles. The Morgan fingerprint density at radius 1 is 1.47 bits per heavy atom. The van der Waals surface area contributed by atoms with Crippen molar-refractivity contribution in [2.45, 2.75) is 44.4 Å². The lowest BCUT2D eigenvalue weighted by Gasteiger charge is -2.36. The third-order valence-corrected chi connectivity index (χ3v) is 4.23. The number of aliphatic hydroxyl groups is 1. The molecule has 0 saturated heterocycles. The predicted molar refractivity (Wildman–Crippen MR) is 68.2 cm³/mol. The highest BCUT2D eigenvalue weighted by atomic mass is 32.1. The van der Waals surface area contributed by atoms with Crippen LogP contribution >= 0.6 is 12.2 Å². The van der Waals surface area contributed by atoms with E-state index in [2.05, 4.69) is 29.2 Å².